The van der Waals surface area contributed by atoms with Crippen molar-refractivity contribution in [2.45, 2.75) is 26.4 Å². The van der Waals surface area contributed by atoms with Crippen LogP contribution in [0.2, 0.25) is 0 Å². The van der Waals surface area contributed by atoms with Gasteiger partial charge < -0.3 is 14.8 Å². The molecular formula is C16H19N2O4-. The lowest BCUT2D eigenvalue weighted by atomic mass is 9.98. The molecule has 0 aliphatic carbocycles. The van der Waals surface area contributed by atoms with Crippen molar-refractivity contribution in [1.82, 2.24) is 4.90 Å². The fraction of sp³-hybridized carbons (Fsp3) is 0.438. The maximum absolute atomic E-state index is 12.5. The fourth-order valence-electron chi connectivity index (χ4n) is 2.42. The summed E-state index contributed by atoms with van der Waals surface area (Å²) in [6, 6.07) is 7.08. The van der Waals surface area contributed by atoms with E-state index in [0.29, 0.717) is 12.2 Å². The SMILES string of the molecule is CCOC(CN=C(C)[O-])CN1C(=O)Cc2ccccc2C1=O. The number of aliphatic imine (C=N–C) groups is 1. The molecule has 1 atom stereocenters. The minimum atomic E-state index is -0.466. The number of hydrogen-bond donors (Lipinski definition) is 0. The summed E-state index contributed by atoms with van der Waals surface area (Å²) in [5.74, 6) is -0.873. The standard InChI is InChI=1S/C16H20N2O4/c1-3-22-13(9-17-11(2)19)10-18-15(20)8-12-6-4-5-7-14(12)16(18)21/h4-7,13H,3,8-10H2,1-2H3,(H,17,19)/p-1. The zero-order valence-corrected chi connectivity index (χ0v) is 12.7. The molecule has 1 heterocycles. The van der Waals surface area contributed by atoms with Crippen LogP contribution in [-0.2, 0) is 16.0 Å². The van der Waals surface area contributed by atoms with Gasteiger partial charge in [-0.3, -0.25) is 14.5 Å². The van der Waals surface area contributed by atoms with Gasteiger partial charge in [0.1, 0.15) is 0 Å². The van der Waals surface area contributed by atoms with Gasteiger partial charge in [0.15, 0.2) is 0 Å². The summed E-state index contributed by atoms with van der Waals surface area (Å²) in [5.41, 5.74) is 1.29. The van der Waals surface area contributed by atoms with Crippen molar-refractivity contribution < 1.29 is 19.4 Å². The van der Waals surface area contributed by atoms with Crippen LogP contribution in [0.4, 0.5) is 0 Å². The Morgan fingerprint density at radius 3 is 2.82 bits per heavy atom. The van der Waals surface area contributed by atoms with Gasteiger partial charge in [0.25, 0.3) is 5.91 Å². The summed E-state index contributed by atoms with van der Waals surface area (Å²) in [7, 11) is 0. The Bertz CT molecular complexity index is 594. The molecule has 22 heavy (non-hydrogen) atoms. The average molecular weight is 303 g/mol. The summed E-state index contributed by atoms with van der Waals surface area (Å²) in [6.45, 7) is 3.84. The molecule has 6 nitrogen and oxygen atoms in total. The maximum atomic E-state index is 12.5. The quantitative estimate of drug-likeness (QED) is 0.432. The van der Waals surface area contributed by atoms with E-state index in [1.165, 1.54) is 11.8 Å². The molecule has 1 aromatic carbocycles. The molecule has 118 valence electrons. The van der Waals surface area contributed by atoms with Gasteiger partial charge in [-0.2, -0.15) is 0 Å². The van der Waals surface area contributed by atoms with Crippen molar-refractivity contribution in [2.24, 2.45) is 4.99 Å². The van der Waals surface area contributed by atoms with Crippen molar-refractivity contribution >= 4 is 17.7 Å². The molecule has 0 bridgehead atoms. The van der Waals surface area contributed by atoms with Crippen molar-refractivity contribution in [3.8, 4) is 0 Å². The first kappa shape index (κ1) is 16.2. The molecule has 0 saturated carbocycles. The first-order chi connectivity index (χ1) is 10.5. The largest absolute Gasteiger partial charge is 0.862 e. The number of fused-ring (bicyclic) bond motifs is 1. The Balaban J connectivity index is 2.15. The van der Waals surface area contributed by atoms with Gasteiger partial charge in [-0.1, -0.05) is 18.2 Å². The van der Waals surface area contributed by atoms with Crippen LogP contribution in [0.25, 0.3) is 0 Å². The Morgan fingerprint density at radius 1 is 1.41 bits per heavy atom. The third kappa shape index (κ3) is 3.71. The second kappa shape index (κ2) is 7.17. The Hall–Kier alpha value is -2.21. The van der Waals surface area contributed by atoms with Gasteiger partial charge in [-0.05, 0) is 31.4 Å². The Morgan fingerprint density at radius 2 is 2.14 bits per heavy atom. The molecule has 0 saturated heterocycles. The summed E-state index contributed by atoms with van der Waals surface area (Å²) >= 11 is 0. The number of rotatable bonds is 6. The second-order valence-corrected chi connectivity index (χ2v) is 5.08. The van der Waals surface area contributed by atoms with E-state index in [1.807, 2.05) is 13.0 Å². The van der Waals surface area contributed by atoms with E-state index in [0.717, 1.165) is 5.56 Å². The highest BCUT2D eigenvalue weighted by molar-refractivity contribution is 6.09. The molecule has 0 N–H and O–H groups in total. The van der Waals surface area contributed by atoms with E-state index in [4.69, 9.17) is 4.74 Å². The number of ether oxygens (including phenoxy) is 1. The van der Waals surface area contributed by atoms with Gasteiger partial charge in [0, 0.05) is 12.2 Å². The normalized spacial score (nSPS) is 16.6. The van der Waals surface area contributed by atoms with Crippen LogP contribution in [0.5, 0.6) is 0 Å². The van der Waals surface area contributed by atoms with Crippen LogP contribution in [0, 0.1) is 0 Å². The summed E-state index contributed by atoms with van der Waals surface area (Å²) in [5, 5.41) is 11.0. The van der Waals surface area contributed by atoms with Crippen molar-refractivity contribution in [1.29, 1.82) is 0 Å². The van der Waals surface area contributed by atoms with Crippen LogP contribution < -0.4 is 5.11 Å². The second-order valence-electron chi connectivity index (χ2n) is 5.08. The highest BCUT2D eigenvalue weighted by Gasteiger charge is 2.32. The number of carbonyl (C=O) groups excluding carboxylic acids is 2. The van der Waals surface area contributed by atoms with Crippen LogP contribution in [0.1, 0.15) is 29.8 Å². The molecule has 1 unspecified atom stereocenters. The van der Waals surface area contributed by atoms with Gasteiger partial charge in [0.05, 0.1) is 25.6 Å². The molecule has 0 radical (unpaired) electrons. The fourth-order valence-corrected chi connectivity index (χ4v) is 2.42. The first-order valence-electron chi connectivity index (χ1n) is 7.25. The van der Waals surface area contributed by atoms with Gasteiger partial charge in [0.2, 0.25) is 5.91 Å². The van der Waals surface area contributed by atoms with Crippen LogP contribution in [-0.4, -0.2) is 48.4 Å². The van der Waals surface area contributed by atoms with Crippen molar-refractivity contribution in [2.75, 3.05) is 19.7 Å². The Labute approximate surface area is 129 Å². The molecule has 0 aromatic heterocycles. The number of amides is 2. The van der Waals surface area contributed by atoms with Gasteiger partial charge >= 0.3 is 0 Å². The van der Waals surface area contributed by atoms with Crippen LogP contribution >= 0.6 is 0 Å². The molecule has 1 aliphatic rings. The van der Waals surface area contributed by atoms with Crippen molar-refractivity contribution in [3.63, 3.8) is 0 Å². The van der Waals surface area contributed by atoms with E-state index in [2.05, 4.69) is 4.99 Å². The highest BCUT2D eigenvalue weighted by Crippen LogP contribution is 2.20. The predicted molar refractivity (Wildman–Crippen MR) is 79.6 cm³/mol. The smallest absolute Gasteiger partial charge is 0.260 e. The predicted octanol–water partition coefficient (Wildman–Crippen LogP) is 0.395. The molecule has 0 fully saturated rings. The third-order valence-electron chi connectivity index (χ3n) is 3.44. The lowest BCUT2D eigenvalue weighted by molar-refractivity contribution is -0.216. The number of nitrogens with zero attached hydrogens (tertiary/aromatic N) is 2. The highest BCUT2D eigenvalue weighted by atomic mass is 16.5. The van der Waals surface area contributed by atoms with Crippen molar-refractivity contribution in [3.05, 3.63) is 35.4 Å². The monoisotopic (exact) mass is 303 g/mol. The molecule has 1 aromatic rings. The molecule has 2 rings (SSSR count). The molecule has 6 heteroatoms. The third-order valence-corrected chi connectivity index (χ3v) is 3.44. The number of carbonyl (C=O) groups is 2. The maximum Gasteiger partial charge on any atom is 0.260 e. The van der Waals surface area contributed by atoms with E-state index in [9.17, 15) is 14.7 Å². The van der Waals surface area contributed by atoms with E-state index >= 15 is 0 Å². The van der Waals surface area contributed by atoms with Gasteiger partial charge in [-0.15, -0.1) is 0 Å². The average Bonchev–Trinajstić information content (AvgIpc) is 2.48. The number of hydrogen-bond acceptors (Lipinski definition) is 5. The lowest BCUT2D eigenvalue weighted by Gasteiger charge is -2.29. The van der Waals surface area contributed by atoms with E-state index in [1.54, 1.807) is 18.2 Å². The zero-order chi connectivity index (χ0) is 16.1. The topological polar surface area (TPSA) is 82.0 Å². The van der Waals surface area contributed by atoms with E-state index in [-0.39, 0.29) is 37.2 Å². The number of benzene rings is 1. The summed E-state index contributed by atoms with van der Waals surface area (Å²) in [6.07, 6.45) is -0.267. The Kier molecular flexibility index (Phi) is 5.27. The molecule has 0 spiro atoms. The summed E-state index contributed by atoms with van der Waals surface area (Å²) < 4.78 is 5.49. The summed E-state index contributed by atoms with van der Waals surface area (Å²) in [4.78, 5) is 29.6. The zero-order valence-electron chi connectivity index (χ0n) is 12.7. The molecule has 2 amide bonds. The first-order valence-corrected chi connectivity index (χ1v) is 7.25. The minimum absolute atomic E-state index is 0.108. The number of imide groups is 1. The van der Waals surface area contributed by atoms with Crippen LogP contribution in [0.3, 0.4) is 0 Å². The molecule has 1 aliphatic heterocycles. The molecular weight excluding hydrogens is 284 g/mol. The minimum Gasteiger partial charge on any atom is -0.862 e. The van der Waals surface area contributed by atoms with Gasteiger partial charge in [-0.25, -0.2) is 0 Å². The lowest BCUT2D eigenvalue weighted by Crippen LogP contribution is -2.47. The van der Waals surface area contributed by atoms with Crippen LogP contribution in [0.15, 0.2) is 29.3 Å². The van der Waals surface area contributed by atoms with E-state index < -0.39 is 6.10 Å².